The number of ether oxygens (including phenoxy) is 1. The van der Waals surface area contributed by atoms with Crippen LogP contribution in [-0.4, -0.2) is 45.9 Å². The number of rotatable bonds is 11. The molecule has 0 atom stereocenters. The van der Waals surface area contributed by atoms with Gasteiger partial charge in [-0.25, -0.2) is 14.4 Å². The average molecular weight is 489 g/mol. The number of carboxylic acid groups (broad SMARTS) is 1. The third kappa shape index (κ3) is 6.61. The second-order valence-electron chi connectivity index (χ2n) is 7.27. The second-order valence-corrected chi connectivity index (χ2v) is 7.68. The Labute approximate surface area is 199 Å². The van der Waals surface area contributed by atoms with Crippen molar-refractivity contribution in [2.45, 2.75) is 26.2 Å². The van der Waals surface area contributed by atoms with Crippen LogP contribution in [-0.2, 0) is 20.8 Å². The Balaban J connectivity index is 1.83. The Morgan fingerprint density at radius 3 is 2.65 bits per heavy atom. The van der Waals surface area contributed by atoms with E-state index in [1.807, 2.05) is 6.92 Å². The number of carbonyl (C=O) groups excluding carboxylic acids is 2. The number of carbonyl (C=O) groups is 3. The number of benzene rings is 2. The predicted molar refractivity (Wildman–Crippen MR) is 124 cm³/mol. The average Bonchev–Trinajstić information content (AvgIpc) is 2.79. The molecular weight excluding hydrogens is 467 g/mol. The summed E-state index contributed by atoms with van der Waals surface area (Å²) in [6.45, 7) is 1.93. The van der Waals surface area contributed by atoms with Gasteiger partial charge in [-0.05, 0) is 31.2 Å². The van der Waals surface area contributed by atoms with Crippen LogP contribution in [0.3, 0.4) is 0 Å². The van der Waals surface area contributed by atoms with Gasteiger partial charge in [0.1, 0.15) is 23.7 Å². The SMILES string of the molecule is CCOc1cc2ncnc(Nc3ccc(F)c(Cl)c3)c2cc1CC(=O)CNC(=O)CCC(=O)O. The van der Waals surface area contributed by atoms with Gasteiger partial charge in [0.05, 0.1) is 30.1 Å². The number of ketones is 1. The van der Waals surface area contributed by atoms with Crippen LogP contribution in [0, 0.1) is 5.82 Å². The van der Waals surface area contributed by atoms with Crippen molar-refractivity contribution in [3.05, 3.63) is 53.1 Å². The molecule has 0 aliphatic carbocycles. The maximum atomic E-state index is 13.5. The number of hydrogen-bond acceptors (Lipinski definition) is 7. The summed E-state index contributed by atoms with van der Waals surface area (Å²) >= 11 is 5.86. The molecule has 3 aromatic rings. The normalized spacial score (nSPS) is 10.7. The highest BCUT2D eigenvalue weighted by molar-refractivity contribution is 6.31. The molecule has 178 valence electrons. The van der Waals surface area contributed by atoms with E-state index in [2.05, 4.69) is 20.6 Å². The van der Waals surface area contributed by atoms with Crippen molar-refractivity contribution in [2.24, 2.45) is 0 Å². The zero-order valence-corrected chi connectivity index (χ0v) is 19.0. The van der Waals surface area contributed by atoms with Crippen LogP contribution in [0.1, 0.15) is 25.3 Å². The van der Waals surface area contributed by atoms with Gasteiger partial charge in [-0.1, -0.05) is 11.6 Å². The van der Waals surface area contributed by atoms with E-state index < -0.39 is 17.7 Å². The Morgan fingerprint density at radius 2 is 1.94 bits per heavy atom. The van der Waals surface area contributed by atoms with E-state index in [-0.39, 0.29) is 36.6 Å². The van der Waals surface area contributed by atoms with Gasteiger partial charge in [0, 0.05) is 35.5 Å². The number of fused-ring (bicyclic) bond motifs is 1. The van der Waals surface area contributed by atoms with Crippen molar-refractivity contribution in [3.8, 4) is 5.75 Å². The first-order valence-electron chi connectivity index (χ1n) is 10.4. The fourth-order valence-corrected chi connectivity index (χ4v) is 3.33. The third-order valence-corrected chi connectivity index (χ3v) is 5.03. The first-order valence-corrected chi connectivity index (χ1v) is 10.8. The molecule has 3 N–H and O–H groups in total. The highest BCUT2D eigenvalue weighted by atomic mass is 35.5. The molecule has 1 aromatic heterocycles. The number of nitrogens with zero attached hydrogens (tertiary/aromatic N) is 2. The van der Waals surface area contributed by atoms with Crippen LogP contribution in [0.2, 0.25) is 5.02 Å². The first kappa shape index (κ1) is 24.8. The minimum absolute atomic E-state index is 0.0405. The maximum absolute atomic E-state index is 13.5. The number of aliphatic carboxylic acids is 1. The topological polar surface area (TPSA) is 131 Å². The van der Waals surface area contributed by atoms with Crippen LogP contribution in [0.5, 0.6) is 5.75 Å². The summed E-state index contributed by atoms with van der Waals surface area (Å²) in [7, 11) is 0. The van der Waals surface area contributed by atoms with E-state index in [0.29, 0.717) is 40.3 Å². The van der Waals surface area contributed by atoms with E-state index in [0.717, 1.165) is 0 Å². The number of Topliss-reactive ketones (excluding diaryl/α,β-unsaturated/α-hetero) is 1. The molecule has 0 bridgehead atoms. The summed E-state index contributed by atoms with van der Waals surface area (Å²) in [5, 5.41) is 14.7. The Hall–Kier alpha value is -3.79. The zero-order valence-electron chi connectivity index (χ0n) is 18.2. The molecule has 0 saturated carbocycles. The fraction of sp³-hybridized carbons (Fsp3) is 0.261. The van der Waals surface area contributed by atoms with Gasteiger partial charge in [-0.2, -0.15) is 0 Å². The number of nitrogens with one attached hydrogen (secondary N) is 2. The van der Waals surface area contributed by atoms with Crippen molar-refractivity contribution in [2.75, 3.05) is 18.5 Å². The number of carboxylic acids is 1. The lowest BCUT2D eigenvalue weighted by Gasteiger charge is -2.14. The smallest absolute Gasteiger partial charge is 0.303 e. The van der Waals surface area contributed by atoms with Crippen LogP contribution >= 0.6 is 11.6 Å². The number of anilines is 2. The highest BCUT2D eigenvalue weighted by Gasteiger charge is 2.15. The Bertz CT molecular complexity index is 1240. The first-order chi connectivity index (χ1) is 16.3. The molecule has 2 aromatic carbocycles. The second kappa shape index (κ2) is 11.4. The monoisotopic (exact) mass is 488 g/mol. The third-order valence-electron chi connectivity index (χ3n) is 4.74. The molecule has 3 rings (SSSR count). The molecule has 34 heavy (non-hydrogen) atoms. The number of hydrogen-bond donors (Lipinski definition) is 3. The lowest BCUT2D eigenvalue weighted by molar-refractivity contribution is -0.138. The standard InChI is InChI=1S/C23H22ClFN4O5/c1-2-34-20-10-19-16(8-13(20)7-15(30)11-26-21(31)5-6-22(32)33)23(28-12-27-19)29-14-3-4-18(25)17(24)9-14/h3-4,8-10,12H,2,5-7,11H2,1H3,(H,26,31)(H,32,33)(H,27,28,29). The predicted octanol–water partition coefficient (Wildman–Crippen LogP) is 3.66. The molecule has 0 radical (unpaired) electrons. The van der Waals surface area contributed by atoms with E-state index >= 15 is 0 Å². The maximum Gasteiger partial charge on any atom is 0.303 e. The quantitative estimate of drug-likeness (QED) is 0.373. The van der Waals surface area contributed by atoms with Gasteiger partial charge >= 0.3 is 5.97 Å². The minimum atomic E-state index is -1.09. The zero-order chi connectivity index (χ0) is 24.7. The molecule has 9 nitrogen and oxygen atoms in total. The van der Waals surface area contributed by atoms with Crippen LogP contribution in [0.25, 0.3) is 10.9 Å². The van der Waals surface area contributed by atoms with Gasteiger partial charge in [-0.3, -0.25) is 14.4 Å². The molecular formula is C23H22ClFN4O5. The minimum Gasteiger partial charge on any atom is -0.494 e. The molecule has 1 amide bonds. The van der Waals surface area contributed by atoms with Gasteiger partial charge in [0.15, 0.2) is 5.78 Å². The molecule has 1 heterocycles. The van der Waals surface area contributed by atoms with E-state index in [9.17, 15) is 18.8 Å². The Kier molecular flexibility index (Phi) is 8.31. The molecule has 11 heteroatoms. The number of halogens is 2. The Morgan fingerprint density at radius 1 is 1.15 bits per heavy atom. The summed E-state index contributed by atoms with van der Waals surface area (Å²) in [5.74, 6) is -1.55. The van der Waals surface area contributed by atoms with Crippen LogP contribution < -0.4 is 15.4 Å². The summed E-state index contributed by atoms with van der Waals surface area (Å²) < 4.78 is 19.2. The molecule has 0 aliphatic heterocycles. The molecule has 0 fully saturated rings. The van der Waals surface area contributed by atoms with Crippen LogP contribution in [0.15, 0.2) is 36.7 Å². The van der Waals surface area contributed by atoms with Crippen molar-refractivity contribution < 1.29 is 28.6 Å². The van der Waals surface area contributed by atoms with Gasteiger partial charge in [0.25, 0.3) is 0 Å². The molecule has 0 unspecified atom stereocenters. The van der Waals surface area contributed by atoms with E-state index in [4.69, 9.17) is 21.4 Å². The van der Waals surface area contributed by atoms with Gasteiger partial charge in [0.2, 0.25) is 5.91 Å². The van der Waals surface area contributed by atoms with Gasteiger partial charge < -0.3 is 20.5 Å². The van der Waals surface area contributed by atoms with Crippen molar-refractivity contribution in [1.82, 2.24) is 15.3 Å². The lowest BCUT2D eigenvalue weighted by Crippen LogP contribution is -2.30. The summed E-state index contributed by atoms with van der Waals surface area (Å²) in [5.41, 5.74) is 1.64. The lowest BCUT2D eigenvalue weighted by atomic mass is 10.0. The summed E-state index contributed by atoms with van der Waals surface area (Å²) in [4.78, 5) is 43.3. The molecule has 0 spiro atoms. The fourth-order valence-electron chi connectivity index (χ4n) is 3.15. The van der Waals surface area contributed by atoms with E-state index in [1.54, 1.807) is 12.1 Å². The number of amides is 1. The number of aromatic nitrogens is 2. The summed E-state index contributed by atoms with van der Waals surface area (Å²) in [6, 6.07) is 7.59. The highest BCUT2D eigenvalue weighted by Crippen LogP contribution is 2.31. The van der Waals surface area contributed by atoms with Crippen LogP contribution in [0.4, 0.5) is 15.9 Å². The van der Waals surface area contributed by atoms with Crippen molar-refractivity contribution >= 4 is 51.7 Å². The molecule has 0 saturated heterocycles. The molecule has 0 aliphatic rings. The largest absolute Gasteiger partial charge is 0.494 e. The van der Waals surface area contributed by atoms with Gasteiger partial charge in [-0.15, -0.1) is 0 Å². The van der Waals surface area contributed by atoms with E-state index in [1.165, 1.54) is 24.5 Å². The summed E-state index contributed by atoms with van der Waals surface area (Å²) in [6.07, 6.45) is 0.807. The van der Waals surface area contributed by atoms with Crippen molar-refractivity contribution in [1.29, 1.82) is 0 Å². The van der Waals surface area contributed by atoms with Crippen molar-refractivity contribution in [3.63, 3.8) is 0 Å².